The molecule has 7 heteroatoms. The van der Waals surface area contributed by atoms with Crippen molar-refractivity contribution in [2.75, 3.05) is 27.9 Å². The Balaban J connectivity index is 1.72. The Bertz CT molecular complexity index is 903. The van der Waals surface area contributed by atoms with Gasteiger partial charge >= 0.3 is 6.61 Å². The number of alkyl halides is 2. The summed E-state index contributed by atoms with van der Waals surface area (Å²) in [5, 5.41) is 0. The van der Waals surface area contributed by atoms with Gasteiger partial charge in [0.15, 0.2) is 23.0 Å². The second-order valence-electron chi connectivity index (χ2n) is 7.29. The van der Waals surface area contributed by atoms with Crippen LogP contribution in [-0.2, 0) is 19.4 Å². The maximum atomic E-state index is 12.9. The monoisotopic (exact) mass is 405 g/mol. The number of hydrogen-bond acceptors (Lipinski definition) is 5. The summed E-state index contributed by atoms with van der Waals surface area (Å²) in [5.41, 5.74) is 4.53. The zero-order valence-electron chi connectivity index (χ0n) is 16.8. The van der Waals surface area contributed by atoms with Crippen LogP contribution >= 0.6 is 0 Å². The molecule has 0 aliphatic carbocycles. The highest BCUT2D eigenvalue weighted by molar-refractivity contribution is 5.53. The summed E-state index contributed by atoms with van der Waals surface area (Å²) in [6.07, 6.45) is 2.57. The number of aryl methyl sites for hydroxylation is 1. The fourth-order valence-electron chi connectivity index (χ4n) is 4.57. The van der Waals surface area contributed by atoms with Gasteiger partial charge < -0.3 is 18.9 Å². The summed E-state index contributed by atoms with van der Waals surface area (Å²) in [7, 11) is 4.77. The van der Waals surface area contributed by atoms with Crippen LogP contribution in [0, 0.1) is 0 Å². The Morgan fingerprint density at radius 1 is 0.931 bits per heavy atom. The van der Waals surface area contributed by atoms with Crippen LogP contribution in [0.15, 0.2) is 24.3 Å². The molecule has 2 aliphatic rings. The van der Waals surface area contributed by atoms with Gasteiger partial charge in [0.2, 0.25) is 0 Å². The number of nitrogens with zero attached hydrogens (tertiary/aromatic N) is 1. The lowest BCUT2D eigenvalue weighted by Crippen LogP contribution is -2.34. The highest BCUT2D eigenvalue weighted by atomic mass is 19.3. The van der Waals surface area contributed by atoms with E-state index in [1.54, 1.807) is 20.3 Å². The van der Waals surface area contributed by atoms with Crippen molar-refractivity contribution in [2.45, 2.75) is 38.5 Å². The van der Waals surface area contributed by atoms with Crippen LogP contribution in [0.25, 0.3) is 0 Å². The smallest absolute Gasteiger partial charge is 0.387 e. The molecular weight excluding hydrogens is 380 g/mol. The van der Waals surface area contributed by atoms with Crippen molar-refractivity contribution in [1.29, 1.82) is 0 Å². The van der Waals surface area contributed by atoms with Crippen molar-refractivity contribution >= 4 is 0 Å². The highest BCUT2D eigenvalue weighted by Gasteiger charge is 2.33. The van der Waals surface area contributed by atoms with Gasteiger partial charge in [0.25, 0.3) is 0 Å². The number of methoxy groups -OCH3 is 3. The van der Waals surface area contributed by atoms with Crippen molar-refractivity contribution in [1.82, 2.24) is 4.90 Å². The molecule has 2 heterocycles. The molecular formula is C22H25F2NO4. The quantitative estimate of drug-likeness (QED) is 0.739. The van der Waals surface area contributed by atoms with E-state index < -0.39 is 6.61 Å². The highest BCUT2D eigenvalue weighted by Crippen LogP contribution is 2.45. The molecule has 4 rings (SSSR count). The number of benzene rings is 2. The molecule has 2 aliphatic heterocycles. The summed E-state index contributed by atoms with van der Waals surface area (Å²) < 4.78 is 46.9. The first kappa shape index (κ1) is 19.8. The molecule has 0 fully saturated rings. The predicted octanol–water partition coefficient (Wildman–Crippen LogP) is 4.36. The number of rotatable bonds is 5. The molecule has 156 valence electrons. The summed E-state index contributed by atoms with van der Waals surface area (Å²) in [5.74, 6) is 1.93. The van der Waals surface area contributed by atoms with Gasteiger partial charge in [-0.05, 0) is 54.2 Å². The van der Waals surface area contributed by atoms with Crippen molar-refractivity contribution in [3.05, 3.63) is 46.5 Å². The minimum Gasteiger partial charge on any atom is -0.493 e. The molecule has 0 radical (unpaired) electrons. The van der Waals surface area contributed by atoms with Gasteiger partial charge in [0.1, 0.15) is 0 Å². The lowest BCUT2D eigenvalue weighted by atomic mass is 9.89. The number of fused-ring (bicyclic) bond motifs is 4. The first-order valence-corrected chi connectivity index (χ1v) is 9.68. The molecule has 2 aromatic rings. The van der Waals surface area contributed by atoms with Crippen molar-refractivity contribution in [2.24, 2.45) is 0 Å². The molecule has 1 atom stereocenters. The van der Waals surface area contributed by atoms with Gasteiger partial charge in [0.05, 0.1) is 21.3 Å². The van der Waals surface area contributed by atoms with Crippen LogP contribution < -0.4 is 18.9 Å². The molecule has 0 bridgehead atoms. The van der Waals surface area contributed by atoms with Crippen molar-refractivity contribution in [3.63, 3.8) is 0 Å². The van der Waals surface area contributed by atoms with Gasteiger partial charge in [-0.15, -0.1) is 0 Å². The van der Waals surface area contributed by atoms with E-state index in [4.69, 9.17) is 18.9 Å². The second kappa shape index (κ2) is 8.06. The molecule has 0 aromatic heterocycles. The third-order valence-corrected chi connectivity index (χ3v) is 5.90. The maximum Gasteiger partial charge on any atom is 0.387 e. The Morgan fingerprint density at radius 3 is 2.41 bits per heavy atom. The summed E-state index contributed by atoms with van der Waals surface area (Å²) >= 11 is 0. The van der Waals surface area contributed by atoms with E-state index in [1.165, 1.54) is 12.7 Å². The van der Waals surface area contributed by atoms with Gasteiger partial charge in [-0.1, -0.05) is 6.07 Å². The predicted molar refractivity (Wildman–Crippen MR) is 104 cm³/mol. The Hall–Kier alpha value is -2.54. The van der Waals surface area contributed by atoms with E-state index in [0.29, 0.717) is 5.75 Å². The van der Waals surface area contributed by atoms with Crippen LogP contribution in [-0.4, -0.2) is 39.4 Å². The van der Waals surface area contributed by atoms with Crippen molar-refractivity contribution in [3.8, 4) is 23.0 Å². The van der Waals surface area contributed by atoms with Crippen molar-refractivity contribution < 1.29 is 27.7 Å². The third kappa shape index (κ3) is 3.59. The molecule has 0 saturated carbocycles. The van der Waals surface area contributed by atoms with E-state index in [0.717, 1.165) is 60.5 Å². The molecule has 29 heavy (non-hydrogen) atoms. The average Bonchev–Trinajstić information content (AvgIpc) is 2.91. The van der Waals surface area contributed by atoms with Gasteiger partial charge in [-0.25, -0.2) is 0 Å². The summed E-state index contributed by atoms with van der Waals surface area (Å²) in [6, 6.07) is 7.72. The molecule has 5 nitrogen and oxygen atoms in total. The molecule has 0 unspecified atom stereocenters. The van der Waals surface area contributed by atoms with Crippen LogP contribution in [0.2, 0.25) is 0 Å². The molecule has 0 saturated heterocycles. The maximum absolute atomic E-state index is 12.9. The lowest BCUT2D eigenvalue weighted by Gasteiger charge is -2.36. The minimum atomic E-state index is -2.89. The largest absolute Gasteiger partial charge is 0.493 e. The van der Waals surface area contributed by atoms with E-state index >= 15 is 0 Å². The molecule has 0 amide bonds. The van der Waals surface area contributed by atoms with Crippen LogP contribution in [0.1, 0.15) is 34.7 Å². The third-order valence-electron chi connectivity index (χ3n) is 5.90. The Morgan fingerprint density at radius 2 is 1.72 bits per heavy atom. The van der Waals surface area contributed by atoms with E-state index in [9.17, 15) is 8.78 Å². The SMILES string of the molecule is COc1cc2c(cc1OC(F)F)[C@@H]1CCc3ccc(OC)c(OC)c3CN1CC2. The van der Waals surface area contributed by atoms with Gasteiger partial charge in [0, 0.05) is 24.7 Å². The van der Waals surface area contributed by atoms with E-state index in [-0.39, 0.29) is 11.8 Å². The van der Waals surface area contributed by atoms with E-state index in [1.807, 2.05) is 12.1 Å². The fraction of sp³-hybridized carbons (Fsp3) is 0.455. The minimum absolute atomic E-state index is 0.0871. The van der Waals surface area contributed by atoms with Gasteiger partial charge in [-0.3, -0.25) is 4.90 Å². The lowest BCUT2D eigenvalue weighted by molar-refractivity contribution is -0.0513. The number of ether oxygens (including phenoxy) is 4. The summed E-state index contributed by atoms with van der Waals surface area (Å²) in [4.78, 5) is 2.38. The zero-order chi connectivity index (χ0) is 20.5. The summed E-state index contributed by atoms with van der Waals surface area (Å²) in [6.45, 7) is -1.30. The standard InChI is InChI=1S/C22H25F2NO4/c1-26-18-7-5-13-4-6-17-15-11-20(29-22(23)24)19(27-2)10-14(15)8-9-25(17)12-16(13)21(18)28-3/h5,7,10-11,17,22H,4,6,8-9,12H2,1-3H3/t17-/m0/s1. The topological polar surface area (TPSA) is 40.2 Å². The van der Waals surface area contributed by atoms with Gasteiger partial charge in [-0.2, -0.15) is 8.78 Å². The average molecular weight is 405 g/mol. The van der Waals surface area contributed by atoms with Crippen LogP contribution in [0.3, 0.4) is 0 Å². The number of halogens is 2. The molecule has 2 aromatic carbocycles. The second-order valence-corrected chi connectivity index (χ2v) is 7.29. The van der Waals surface area contributed by atoms with Crippen LogP contribution in [0.5, 0.6) is 23.0 Å². The first-order chi connectivity index (χ1) is 14.0. The molecule has 0 spiro atoms. The number of hydrogen-bond donors (Lipinski definition) is 0. The fourth-order valence-corrected chi connectivity index (χ4v) is 4.57. The molecule has 0 N–H and O–H groups in total. The van der Waals surface area contributed by atoms with E-state index in [2.05, 4.69) is 11.0 Å². The normalized spacial score (nSPS) is 18.3. The Labute approximate surface area is 169 Å². The first-order valence-electron chi connectivity index (χ1n) is 9.68. The zero-order valence-corrected chi connectivity index (χ0v) is 16.8. The van der Waals surface area contributed by atoms with Crippen LogP contribution in [0.4, 0.5) is 8.78 Å². The Kier molecular flexibility index (Phi) is 5.50.